The van der Waals surface area contributed by atoms with Crippen molar-refractivity contribution in [3.8, 4) is 0 Å². The van der Waals surface area contributed by atoms with Crippen molar-refractivity contribution in [1.29, 1.82) is 0 Å². The molecule has 59 heavy (non-hydrogen) atoms. The van der Waals surface area contributed by atoms with Gasteiger partial charge in [-0.25, -0.2) is 14.8 Å². The predicted molar refractivity (Wildman–Crippen MR) is 226 cm³/mol. The summed E-state index contributed by atoms with van der Waals surface area (Å²) in [5, 5.41) is 5.51. The summed E-state index contributed by atoms with van der Waals surface area (Å²) in [7, 11) is 0. The highest BCUT2D eigenvalue weighted by molar-refractivity contribution is 5.96. The number of anilines is 2. The highest BCUT2D eigenvalue weighted by atomic mass is 16.2. The SMILES string of the molecule is NC(=O)c1ccc(C2=CCN(C(=O)/C=C/c3cnc4c(c3)CCC(=O)N4)CC2)cc1.[C-]#[N+]c1ccc(C2=CCN(C(=O)/C=C/c3cnc4c(c3)CCC(=O)N4)CC2)cc1. The molecule has 0 unspecified atom stereocenters. The van der Waals surface area contributed by atoms with Crippen molar-refractivity contribution in [2.45, 2.75) is 38.5 Å². The molecule has 4 aliphatic rings. The Morgan fingerprint density at radius 3 is 1.53 bits per heavy atom. The van der Waals surface area contributed by atoms with Gasteiger partial charge in [-0.1, -0.05) is 48.6 Å². The first-order valence-electron chi connectivity index (χ1n) is 19.4. The van der Waals surface area contributed by atoms with E-state index in [0.717, 1.165) is 51.8 Å². The molecule has 0 atom stereocenters. The van der Waals surface area contributed by atoms with E-state index in [4.69, 9.17) is 12.3 Å². The van der Waals surface area contributed by atoms with Gasteiger partial charge in [0.15, 0.2) is 5.69 Å². The first-order valence-corrected chi connectivity index (χ1v) is 19.4. The van der Waals surface area contributed by atoms with Crippen LogP contribution in [-0.2, 0) is 32.0 Å². The smallest absolute Gasteiger partial charge is 0.248 e. The van der Waals surface area contributed by atoms with Gasteiger partial charge in [0.1, 0.15) is 11.6 Å². The molecule has 0 radical (unpaired) electrons. The Labute approximate surface area is 341 Å². The summed E-state index contributed by atoms with van der Waals surface area (Å²) in [5.74, 6) is 0.657. The fourth-order valence-corrected chi connectivity index (χ4v) is 7.14. The Kier molecular flexibility index (Phi) is 12.3. The van der Waals surface area contributed by atoms with E-state index in [9.17, 15) is 24.0 Å². The Bertz CT molecular complexity index is 2480. The number of nitrogens with zero attached hydrogens (tertiary/aromatic N) is 5. The zero-order chi connectivity index (χ0) is 41.3. The Hall–Kier alpha value is -7.46. The van der Waals surface area contributed by atoms with Crippen molar-refractivity contribution >= 4 is 70.2 Å². The number of nitrogens with one attached hydrogen (secondary N) is 2. The zero-order valence-electron chi connectivity index (χ0n) is 32.3. The molecule has 0 aliphatic carbocycles. The molecular weight excluding hydrogens is 745 g/mol. The number of carbonyl (C=O) groups is 5. The summed E-state index contributed by atoms with van der Waals surface area (Å²) in [6, 6.07) is 18.7. The van der Waals surface area contributed by atoms with Crippen LogP contribution >= 0.6 is 0 Å². The van der Waals surface area contributed by atoms with Crippen molar-refractivity contribution in [2.24, 2.45) is 5.73 Å². The molecular formula is C46H42N8O5. The molecule has 4 aromatic rings. The number of benzene rings is 2. The van der Waals surface area contributed by atoms with Crippen LogP contribution in [0.1, 0.15) is 69.4 Å². The summed E-state index contributed by atoms with van der Waals surface area (Å²) in [6.07, 6.45) is 17.9. The van der Waals surface area contributed by atoms with Gasteiger partial charge in [-0.05, 0) is 107 Å². The van der Waals surface area contributed by atoms with Gasteiger partial charge < -0.3 is 26.2 Å². The van der Waals surface area contributed by atoms with Crippen LogP contribution in [0.2, 0.25) is 0 Å². The molecule has 2 aromatic carbocycles. The number of aromatic nitrogens is 2. The monoisotopic (exact) mass is 786 g/mol. The quantitative estimate of drug-likeness (QED) is 0.147. The minimum Gasteiger partial charge on any atom is -0.366 e. The van der Waals surface area contributed by atoms with Crippen LogP contribution in [0.3, 0.4) is 0 Å². The maximum absolute atomic E-state index is 12.5. The van der Waals surface area contributed by atoms with Crippen LogP contribution in [0, 0.1) is 6.57 Å². The lowest BCUT2D eigenvalue weighted by atomic mass is 9.98. The first kappa shape index (κ1) is 39.8. The second kappa shape index (κ2) is 18.2. The third-order valence-corrected chi connectivity index (χ3v) is 10.5. The molecule has 0 saturated carbocycles. The number of amides is 5. The van der Waals surface area contributed by atoms with Gasteiger partial charge in [0, 0.05) is 69.1 Å². The lowest BCUT2D eigenvalue weighted by Gasteiger charge is -2.25. The van der Waals surface area contributed by atoms with E-state index in [2.05, 4.69) is 31.5 Å². The van der Waals surface area contributed by atoms with Gasteiger partial charge in [-0.2, -0.15) is 0 Å². The molecule has 0 fully saturated rings. The van der Waals surface area contributed by atoms with Crippen LogP contribution in [0.5, 0.6) is 0 Å². The Balaban J connectivity index is 0.000000179. The third kappa shape index (κ3) is 10.1. The Morgan fingerprint density at radius 2 is 1.12 bits per heavy atom. The fraction of sp³-hybridized carbons (Fsp3) is 0.217. The van der Waals surface area contributed by atoms with Crippen LogP contribution in [0.25, 0.3) is 28.1 Å². The second-order valence-corrected chi connectivity index (χ2v) is 14.4. The number of carbonyl (C=O) groups excluding carboxylic acids is 5. The van der Waals surface area contributed by atoms with Crippen LogP contribution in [-0.4, -0.2) is 75.5 Å². The summed E-state index contributed by atoms with van der Waals surface area (Å²) >= 11 is 0. The molecule has 5 amide bonds. The average Bonchev–Trinajstić information content (AvgIpc) is 3.27. The number of hydrogen-bond acceptors (Lipinski definition) is 7. The van der Waals surface area contributed by atoms with E-state index in [1.54, 1.807) is 58.6 Å². The topological polar surface area (TPSA) is 172 Å². The number of pyridine rings is 2. The van der Waals surface area contributed by atoms with Crippen LogP contribution in [0.4, 0.5) is 17.3 Å². The molecule has 4 aliphatic heterocycles. The highest BCUT2D eigenvalue weighted by Crippen LogP contribution is 2.27. The maximum Gasteiger partial charge on any atom is 0.248 e. The molecule has 0 saturated heterocycles. The number of primary amides is 1. The molecule has 2 aromatic heterocycles. The van der Waals surface area contributed by atoms with Gasteiger partial charge in [0.25, 0.3) is 0 Å². The zero-order valence-corrected chi connectivity index (χ0v) is 32.3. The van der Waals surface area contributed by atoms with E-state index in [-0.39, 0.29) is 23.6 Å². The van der Waals surface area contributed by atoms with Gasteiger partial charge in [-0.15, -0.1) is 0 Å². The molecule has 8 rings (SSSR count). The third-order valence-electron chi connectivity index (χ3n) is 10.5. The minimum atomic E-state index is -0.443. The van der Waals surface area contributed by atoms with Crippen molar-refractivity contribution < 1.29 is 24.0 Å². The molecule has 0 spiro atoms. The molecule has 13 nitrogen and oxygen atoms in total. The minimum absolute atomic E-state index is 0.0108. The normalized spacial score (nSPS) is 16.1. The molecule has 13 heteroatoms. The number of nitrogens with two attached hydrogens (primary N) is 1. The number of rotatable bonds is 7. The lowest BCUT2D eigenvalue weighted by molar-refractivity contribution is -0.126. The average molecular weight is 787 g/mol. The van der Waals surface area contributed by atoms with Gasteiger partial charge in [-0.3, -0.25) is 24.0 Å². The van der Waals surface area contributed by atoms with Crippen molar-refractivity contribution in [1.82, 2.24) is 19.8 Å². The standard InChI is InChI=1S/C23H22N4O3.C23H20N4O2/c24-22(30)18-4-2-16(3-5-18)17-9-11-27(12-10-17)21(29)8-1-15-13-19-6-7-20(28)26-23(19)25-14-15;1-24-20-6-3-17(4-7-20)18-10-12-27(13-11-18)22(29)9-2-16-14-19-5-8-21(28)26-23(19)25-15-16/h1-5,8-9,13-14H,6-7,10-12H2,(H2,24,30)(H,25,26,28);2-4,6-7,9-10,14-15H,5,8,11-13H2,(H,25,26,28)/b8-1+;9-2+. The van der Waals surface area contributed by atoms with Crippen molar-refractivity contribution in [3.05, 3.63) is 148 Å². The lowest BCUT2D eigenvalue weighted by Crippen LogP contribution is -2.33. The second-order valence-electron chi connectivity index (χ2n) is 14.4. The van der Waals surface area contributed by atoms with Crippen LogP contribution < -0.4 is 16.4 Å². The maximum atomic E-state index is 12.5. The van der Waals surface area contributed by atoms with E-state index < -0.39 is 5.91 Å². The van der Waals surface area contributed by atoms with Crippen LogP contribution in [0.15, 0.2) is 97.4 Å². The fourth-order valence-electron chi connectivity index (χ4n) is 7.14. The van der Waals surface area contributed by atoms with Gasteiger partial charge in [0.2, 0.25) is 29.5 Å². The summed E-state index contributed by atoms with van der Waals surface area (Å²) in [5.41, 5.74) is 14.6. The van der Waals surface area contributed by atoms with E-state index in [1.165, 1.54) is 5.57 Å². The molecule has 4 N–H and O–H groups in total. The van der Waals surface area contributed by atoms with E-state index in [1.807, 2.05) is 54.6 Å². The summed E-state index contributed by atoms with van der Waals surface area (Å²) in [4.78, 5) is 74.6. The van der Waals surface area contributed by atoms with Crippen molar-refractivity contribution in [2.75, 3.05) is 36.8 Å². The molecule has 296 valence electrons. The Morgan fingerprint density at radius 1 is 0.661 bits per heavy atom. The van der Waals surface area contributed by atoms with E-state index in [0.29, 0.717) is 74.7 Å². The number of fused-ring (bicyclic) bond motifs is 2. The molecule has 6 heterocycles. The summed E-state index contributed by atoms with van der Waals surface area (Å²) < 4.78 is 0. The summed E-state index contributed by atoms with van der Waals surface area (Å²) in [6.45, 7) is 9.41. The van der Waals surface area contributed by atoms with Gasteiger partial charge in [0.05, 0.1) is 6.57 Å². The van der Waals surface area contributed by atoms with Crippen molar-refractivity contribution in [3.63, 3.8) is 0 Å². The largest absolute Gasteiger partial charge is 0.366 e. The predicted octanol–water partition coefficient (Wildman–Crippen LogP) is 6.24. The van der Waals surface area contributed by atoms with E-state index >= 15 is 0 Å². The molecule has 0 bridgehead atoms. The number of hydrogen-bond donors (Lipinski definition) is 3. The highest BCUT2D eigenvalue weighted by Gasteiger charge is 2.20. The first-order chi connectivity index (χ1) is 28.6. The van der Waals surface area contributed by atoms with Gasteiger partial charge >= 0.3 is 0 Å². The number of aryl methyl sites for hydroxylation is 2.